The van der Waals surface area contributed by atoms with Gasteiger partial charge in [-0.1, -0.05) is 29.3 Å². The van der Waals surface area contributed by atoms with E-state index in [-0.39, 0.29) is 22.6 Å². The number of non-ortho nitro benzene ring substituents is 1. The molecule has 0 saturated heterocycles. The van der Waals surface area contributed by atoms with Crippen LogP contribution >= 0.6 is 15.9 Å². The number of nitro benzene ring substituents is 1. The molecule has 0 bridgehead atoms. The molecule has 1 atom stereocenters. The van der Waals surface area contributed by atoms with Crippen LogP contribution in [0.3, 0.4) is 0 Å². The van der Waals surface area contributed by atoms with Crippen LogP contribution in [0.1, 0.15) is 38.1 Å². The maximum Gasteiger partial charge on any atom is 0.346 e. The highest BCUT2D eigenvalue weighted by Crippen LogP contribution is 2.24. The smallest absolute Gasteiger partial charge is 0.346 e. The second-order valence-electron chi connectivity index (χ2n) is 7.42. The van der Waals surface area contributed by atoms with Gasteiger partial charge in [-0.05, 0) is 37.6 Å². The molecule has 0 radical (unpaired) electrons. The summed E-state index contributed by atoms with van der Waals surface area (Å²) >= 11 is 3.37. The summed E-state index contributed by atoms with van der Waals surface area (Å²) in [4.78, 5) is 40.4. The van der Waals surface area contributed by atoms with E-state index < -0.39 is 17.0 Å². The van der Waals surface area contributed by atoms with Crippen molar-refractivity contribution >= 4 is 44.7 Å². The van der Waals surface area contributed by atoms with Crippen molar-refractivity contribution in [2.45, 2.75) is 39.2 Å². The van der Waals surface area contributed by atoms with Crippen molar-refractivity contribution in [1.82, 2.24) is 9.66 Å². The number of rotatable bonds is 9. The van der Waals surface area contributed by atoms with Crippen molar-refractivity contribution in [2.24, 2.45) is 5.10 Å². The first kappa shape index (κ1) is 25.0. The highest BCUT2D eigenvalue weighted by Gasteiger charge is 2.19. The Kier molecular flexibility index (Phi) is 8.11. The third kappa shape index (κ3) is 5.66. The van der Waals surface area contributed by atoms with Crippen LogP contribution < -0.4 is 10.3 Å². The van der Waals surface area contributed by atoms with Crippen LogP contribution in [0, 0.1) is 10.1 Å². The molecule has 0 unspecified atom stereocenters. The van der Waals surface area contributed by atoms with Gasteiger partial charge in [-0.15, -0.1) is 0 Å². The number of aromatic nitrogens is 2. The Morgan fingerprint density at radius 2 is 2.09 bits per heavy atom. The Morgan fingerprint density at radius 1 is 1.32 bits per heavy atom. The summed E-state index contributed by atoms with van der Waals surface area (Å²) in [5.41, 5.74) is 0.202. The molecule has 34 heavy (non-hydrogen) atoms. The van der Waals surface area contributed by atoms with E-state index in [9.17, 15) is 19.7 Å². The molecule has 0 aliphatic heterocycles. The van der Waals surface area contributed by atoms with Crippen LogP contribution in [-0.2, 0) is 16.0 Å². The van der Waals surface area contributed by atoms with Crippen LogP contribution in [-0.4, -0.2) is 40.0 Å². The van der Waals surface area contributed by atoms with Crippen molar-refractivity contribution in [3.05, 3.63) is 72.7 Å². The van der Waals surface area contributed by atoms with E-state index in [1.165, 1.54) is 43.1 Å². The van der Waals surface area contributed by atoms with Gasteiger partial charge in [0, 0.05) is 28.6 Å². The van der Waals surface area contributed by atoms with Crippen molar-refractivity contribution < 1.29 is 19.2 Å². The zero-order valence-corrected chi connectivity index (χ0v) is 20.4. The minimum atomic E-state index is -0.957. The topological polar surface area (TPSA) is 126 Å². The first-order chi connectivity index (χ1) is 16.2. The molecule has 0 saturated carbocycles. The van der Waals surface area contributed by atoms with Gasteiger partial charge in [0.15, 0.2) is 6.10 Å². The summed E-state index contributed by atoms with van der Waals surface area (Å²) in [5.74, 6) is 0.0317. The quantitative estimate of drug-likeness (QED) is 0.175. The molecule has 0 aliphatic rings. The lowest BCUT2D eigenvalue weighted by Gasteiger charge is -2.14. The lowest BCUT2D eigenvalue weighted by Crippen LogP contribution is -2.25. The number of halogens is 1. The summed E-state index contributed by atoms with van der Waals surface area (Å²) < 4.78 is 12.2. The Balaban J connectivity index is 2.13. The minimum Gasteiger partial charge on any atom is -0.478 e. The lowest BCUT2D eigenvalue weighted by atomic mass is 10.2. The molecule has 178 valence electrons. The molecule has 10 nitrogen and oxygen atoms in total. The standard InChI is InChI=1S/C23H23BrN4O6/c1-4-5-6-21-26-19-9-7-16(24)12-18(19)22(29)27(21)25-13-15-11-17(28(31)32)8-10-20(15)34-14(2)23(30)33-3/h7-14H,4-6H2,1-3H3/t14-/m1/s1. The number of aryl methyl sites for hydroxylation is 1. The van der Waals surface area contributed by atoms with Crippen LogP contribution in [0.25, 0.3) is 10.9 Å². The van der Waals surface area contributed by atoms with Crippen LogP contribution in [0.15, 0.2) is 50.8 Å². The molecule has 1 heterocycles. The molecular weight excluding hydrogens is 508 g/mol. The van der Waals surface area contributed by atoms with Gasteiger partial charge in [-0.2, -0.15) is 9.78 Å². The number of ether oxygens (including phenoxy) is 2. The van der Waals surface area contributed by atoms with Crippen molar-refractivity contribution in [3.8, 4) is 5.75 Å². The zero-order chi connectivity index (χ0) is 24.8. The van der Waals surface area contributed by atoms with Gasteiger partial charge < -0.3 is 9.47 Å². The number of carbonyl (C=O) groups excluding carboxylic acids is 1. The number of hydrogen-bond acceptors (Lipinski definition) is 8. The van der Waals surface area contributed by atoms with Crippen molar-refractivity contribution in [3.63, 3.8) is 0 Å². The number of nitrogens with zero attached hydrogens (tertiary/aromatic N) is 4. The van der Waals surface area contributed by atoms with Gasteiger partial charge in [0.1, 0.15) is 11.6 Å². The third-order valence-corrected chi connectivity index (χ3v) is 5.48. The first-order valence-corrected chi connectivity index (χ1v) is 11.3. The highest BCUT2D eigenvalue weighted by molar-refractivity contribution is 9.10. The van der Waals surface area contributed by atoms with Gasteiger partial charge in [0.2, 0.25) is 0 Å². The van der Waals surface area contributed by atoms with Gasteiger partial charge in [0.05, 0.1) is 29.2 Å². The summed E-state index contributed by atoms with van der Waals surface area (Å²) in [6, 6.07) is 9.11. The van der Waals surface area contributed by atoms with Crippen molar-refractivity contribution in [2.75, 3.05) is 7.11 Å². The second-order valence-corrected chi connectivity index (χ2v) is 8.33. The molecular formula is C23H23BrN4O6. The molecule has 3 aromatic rings. The predicted octanol–water partition coefficient (Wildman–Crippen LogP) is 4.23. The molecule has 1 aromatic heterocycles. The Hall–Kier alpha value is -3.60. The first-order valence-electron chi connectivity index (χ1n) is 10.5. The summed E-state index contributed by atoms with van der Waals surface area (Å²) in [6.45, 7) is 3.52. The third-order valence-electron chi connectivity index (χ3n) is 4.98. The molecule has 0 spiro atoms. The summed E-state index contributed by atoms with van der Waals surface area (Å²) in [6.07, 6.45) is 2.54. The maximum absolute atomic E-state index is 13.2. The molecule has 3 rings (SSSR count). The van der Waals surface area contributed by atoms with Gasteiger partial charge in [-0.25, -0.2) is 9.78 Å². The summed E-state index contributed by atoms with van der Waals surface area (Å²) in [7, 11) is 1.23. The van der Waals surface area contributed by atoms with Gasteiger partial charge in [-0.3, -0.25) is 14.9 Å². The second kappa shape index (κ2) is 11.0. The average Bonchev–Trinajstić information content (AvgIpc) is 2.82. The monoisotopic (exact) mass is 530 g/mol. The molecule has 2 aromatic carbocycles. The van der Waals surface area contributed by atoms with Crippen molar-refractivity contribution in [1.29, 1.82) is 0 Å². The number of methoxy groups -OCH3 is 1. The fraction of sp³-hybridized carbons (Fsp3) is 0.304. The van der Waals surface area contributed by atoms with E-state index in [1.54, 1.807) is 18.2 Å². The average molecular weight is 531 g/mol. The fourth-order valence-electron chi connectivity index (χ4n) is 3.19. The fourth-order valence-corrected chi connectivity index (χ4v) is 3.55. The number of hydrogen-bond donors (Lipinski definition) is 0. The van der Waals surface area contributed by atoms with E-state index in [0.717, 1.165) is 17.3 Å². The maximum atomic E-state index is 13.2. The number of nitro groups is 1. The molecule has 0 amide bonds. The highest BCUT2D eigenvalue weighted by atomic mass is 79.9. The molecule has 0 fully saturated rings. The van der Waals surface area contributed by atoms with Crippen LogP contribution in [0.4, 0.5) is 5.69 Å². The number of fused-ring (bicyclic) bond motifs is 1. The Morgan fingerprint density at radius 3 is 2.76 bits per heavy atom. The molecule has 0 N–H and O–H groups in total. The van der Waals surface area contributed by atoms with E-state index >= 15 is 0 Å². The lowest BCUT2D eigenvalue weighted by molar-refractivity contribution is -0.384. The van der Waals surface area contributed by atoms with Gasteiger partial charge in [0.25, 0.3) is 11.2 Å². The Labute approximate surface area is 203 Å². The zero-order valence-electron chi connectivity index (χ0n) is 18.9. The number of benzene rings is 2. The number of unbranched alkanes of at least 4 members (excludes halogenated alkanes) is 1. The predicted molar refractivity (Wildman–Crippen MR) is 131 cm³/mol. The Bertz CT molecular complexity index is 1320. The number of carbonyl (C=O) groups is 1. The summed E-state index contributed by atoms with van der Waals surface area (Å²) in [5, 5.41) is 16.0. The van der Waals surface area contributed by atoms with E-state index in [0.29, 0.717) is 23.1 Å². The van der Waals surface area contributed by atoms with E-state index in [2.05, 4.69) is 30.8 Å². The SMILES string of the molecule is CCCCc1nc2ccc(Br)cc2c(=O)n1N=Cc1cc([N+](=O)[O-])ccc1O[C@H](C)C(=O)OC. The van der Waals surface area contributed by atoms with Gasteiger partial charge >= 0.3 is 5.97 Å². The molecule has 0 aliphatic carbocycles. The number of esters is 1. The van der Waals surface area contributed by atoms with E-state index in [1.807, 2.05) is 6.92 Å². The van der Waals surface area contributed by atoms with E-state index in [4.69, 9.17) is 4.74 Å². The largest absolute Gasteiger partial charge is 0.478 e. The normalized spacial score (nSPS) is 12.1. The van der Waals surface area contributed by atoms with Crippen LogP contribution in [0.2, 0.25) is 0 Å². The minimum absolute atomic E-state index is 0.173. The van der Waals surface area contributed by atoms with Crippen LogP contribution in [0.5, 0.6) is 5.75 Å². The molecule has 11 heteroatoms.